The second-order valence-corrected chi connectivity index (χ2v) is 9.89. The molecule has 28 heavy (non-hydrogen) atoms. The molecule has 1 saturated heterocycles. The number of nitrogens with zero attached hydrogens (tertiary/aromatic N) is 2. The van der Waals surface area contributed by atoms with Crippen molar-refractivity contribution in [2.45, 2.75) is 12.1 Å². The van der Waals surface area contributed by atoms with Crippen LogP contribution in [0.25, 0.3) is 0 Å². The Balaban J connectivity index is 1.51. The number of ether oxygens (including phenoxy) is 2. The van der Waals surface area contributed by atoms with Gasteiger partial charge in [0, 0.05) is 5.75 Å². The van der Waals surface area contributed by atoms with Crippen LogP contribution in [0.1, 0.15) is 0 Å². The second kappa shape index (κ2) is 8.05. The first-order chi connectivity index (χ1) is 13.6. The van der Waals surface area contributed by atoms with Crippen molar-refractivity contribution in [2.75, 3.05) is 35.9 Å². The van der Waals surface area contributed by atoms with Crippen LogP contribution in [0.2, 0.25) is 0 Å². The van der Waals surface area contributed by atoms with Gasteiger partial charge >= 0.3 is 0 Å². The number of hydrogen-bond acceptors (Lipinski definition) is 7. The van der Waals surface area contributed by atoms with Gasteiger partial charge in [-0.25, -0.2) is 8.42 Å². The lowest BCUT2D eigenvalue weighted by atomic mass is 10.1. The maximum absolute atomic E-state index is 12.1. The Hall–Kier alpha value is -2.19. The fourth-order valence-electron chi connectivity index (χ4n) is 3.55. The topological polar surface area (TPSA) is 68.2 Å². The van der Waals surface area contributed by atoms with Gasteiger partial charge in [0.25, 0.3) is 0 Å². The third-order valence-electron chi connectivity index (χ3n) is 4.78. The Bertz CT molecular complexity index is 963. The molecule has 148 valence electrons. The molecule has 2 atom stereocenters. The van der Waals surface area contributed by atoms with E-state index in [0.717, 1.165) is 16.6 Å². The lowest BCUT2D eigenvalue weighted by molar-refractivity contribution is 0.344. The number of aliphatic imine (C=N–C) groups is 1. The van der Waals surface area contributed by atoms with Crippen LogP contribution in [-0.4, -0.2) is 56.6 Å². The molecule has 0 saturated carbocycles. The van der Waals surface area contributed by atoms with Crippen LogP contribution in [-0.2, 0) is 9.84 Å². The second-order valence-electron chi connectivity index (χ2n) is 6.68. The Labute approximate surface area is 169 Å². The molecule has 6 nitrogen and oxygen atoms in total. The summed E-state index contributed by atoms with van der Waals surface area (Å²) < 4.78 is 35.6. The summed E-state index contributed by atoms with van der Waals surface area (Å²) in [6.07, 6.45) is 0. The SMILES string of the molecule is COc1ccccc1N1C(SCCOc2ccccc2)=N[C@H]2CS(=O)(=O)C[C@@H]21. The number of amidine groups is 1. The Kier molecular flexibility index (Phi) is 5.50. The van der Waals surface area contributed by atoms with E-state index in [4.69, 9.17) is 14.5 Å². The summed E-state index contributed by atoms with van der Waals surface area (Å²) in [5.74, 6) is 2.48. The van der Waals surface area contributed by atoms with Crippen LogP contribution in [0.5, 0.6) is 11.5 Å². The van der Waals surface area contributed by atoms with Gasteiger partial charge in [0.15, 0.2) is 15.0 Å². The number of thioether (sulfide) groups is 1. The maximum Gasteiger partial charge on any atom is 0.164 e. The summed E-state index contributed by atoms with van der Waals surface area (Å²) in [5, 5.41) is 0.825. The first kappa shape index (κ1) is 19.1. The fourth-order valence-corrected chi connectivity index (χ4v) is 6.33. The summed E-state index contributed by atoms with van der Waals surface area (Å²) >= 11 is 1.58. The molecule has 2 aliphatic heterocycles. The summed E-state index contributed by atoms with van der Waals surface area (Å²) in [5.41, 5.74) is 0.852. The predicted molar refractivity (Wildman–Crippen MR) is 114 cm³/mol. The number of anilines is 1. The molecule has 0 unspecified atom stereocenters. The Morgan fingerprint density at radius 3 is 2.64 bits per heavy atom. The fraction of sp³-hybridized carbons (Fsp3) is 0.350. The van der Waals surface area contributed by atoms with Crippen LogP contribution >= 0.6 is 11.8 Å². The van der Waals surface area contributed by atoms with Crippen molar-refractivity contribution in [3.05, 3.63) is 54.6 Å². The number of benzene rings is 2. The molecular weight excluding hydrogens is 396 g/mol. The zero-order valence-corrected chi connectivity index (χ0v) is 17.2. The van der Waals surface area contributed by atoms with E-state index < -0.39 is 9.84 Å². The highest BCUT2D eigenvalue weighted by atomic mass is 32.2. The molecule has 0 aliphatic carbocycles. The highest BCUT2D eigenvalue weighted by Gasteiger charge is 2.47. The van der Waals surface area contributed by atoms with Crippen molar-refractivity contribution >= 4 is 32.5 Å². The molecule has 2 aromatic rings. The summed E-state index contributed by atoms with van der Waals surface area (Å²) in [4.78, 5) is 6.77. The summed E-state index contributed by atoms with van der Waals surface area (Å²) in [7, 11) is -1.45. The minimum absolute atomic E-state index is 0.105. The molecule has 2 aliphatic rings. The van der Waals surface area contributed by atoms with E-state index in [9.17, 15) is 8.42 Å². The van der Waals surface area contributed by atoms with Crippen LogP contribution in [0.15, 0.2) is 59.6 Å². The van der Waals surface area contributed by atoms with E-state index in [0.29, 0.717) is 18.1 Å². The molecule has 0 N–H and O–H groups in total. The average molecular weight is 419 g/mol. The van der Waals surface area contributed by atoms with Gasteiger partial charge < -0.3 is 14.4 Å². The van der Waals surface area contributed by atoms with Gasteiger partial charge in [0.05, 0.1) is 43.0 Å². The number of sulfone groups is 1. The molecule has 0 aromatic heterocycles. The van der Waals surface area contributed by atoms with Crippen molar-refractivity contribution in [3.63, 3.8) is 0 Å². The molecule has 1 fully saturated rings. The molecule has 2 aromatic carbocycles. The molecule has 0 radical (unpaired) electrons. The van der Waals surface area contributed by atoms with Crippen LogP contribution in [0.3, 0.4) is 0 Å². The van der Waals surface area contributed by atoms with E-state index in [1.165, 1.54) is 0 Å². The van der Waals surface area contributed by atoms with Crippen molar-refractivity contribution in [2.24, 2.45) is 4.99 Å². The van der Waals surface area contributed by atoms with Gasteiger partial charge in [-0.05, 0) is 24.3 Å². The molecule has 8 heteroatoms. The number of methoxy groups -OCH3 is 1. The van der Waals surface area contributed by atoms with Crippen molar-refractivity contribution in [1.29, 1.82) is 0 Å². The van der Waals surface area contributed by atoms with E-state index in [1.54, 1.807) is 18.9 Å². The summed E-state index contributed by atoms with van der Waals surface area (Å²) in [6, 6.07) is 16.9. The first-order valence-electron chi connectivity index (χ1n) is 9.08. The molecular formula is C20H22N2O4S2. The molecule has 4 rings (SSSR count). The average Bonchev–Trinajstić information content (AvgIpc) is 3.17. The molecule has 0 spiro atoms. The third kappa shape index (κ3) is 3.98. The quantitative estimate of drug-likeness (QED) is 0.672. The number of para-hydroxylation sites is 3. The molecule has 0 bridgehead atoms. The molecule has 0 amide bonds. The number of hydrogen-bond donors (Lipinski definition) is 0. The van der Waals surface area contributed by atoms with E-state index >= 15 is 0 Å². The molecule has 2 heterocycles. The smallest absolute Gasteiger partial charge is 0.164 e. The van der Waals surface area contributed by atoms with Gasteiger partial charge in [-0.2, -0.15) is 0 Å². The van der Waals surface area contributed by atoms with Gasteiger partial charge in [0.1, 0.15) is 11.5 Å². The third-order valence-corrected chi connectivity index (χ3v) is 7.41. The van der Waals surface area contributed by atoms with Gasteiger partial charge in [0.2, 0.25) is 0 Å². The van der Waals surface area contributed by atoms with E-state index in [-0.39, 0.29) is 23.6 Å². The van der Waals surface area contributed by atoms with Crippen LogP contribution in [0.4, 0.5) is 5.69 Å². The zero-order chi connectivity index (χ0) is 19.6. The lowest BCUT2D eigenvalue weighted by Gasteiger charge is -2.27. The van der Waals surface area contributed by atoms with E-state index in [1.807, 2.05) is 59.5 Å². The largest absolute Gasteiger partial charge is 0.495 e. The predicted octanol–water partition coefficient (Wildman–Crippen LogP) is 2.85. The van der Waals surface area contributed by atoms with Gasteiger partial charge in [-0.3, -0.25) is 4.99 Å². The lowest BCUT2D eigenvalue weighted by Crippen LogP contribution is -2.39. The maximum atomic E-state index is 12.1. The minimum atomic E-state index is -3.07. The Morgan fingerprint density at radius 2 is 1.86 bits per heavy atom. The van der Waals surface area contributed by atoms with Crippen LogP contribution in [0, 0.1) is 0 Å². The van der Waals surface area contributed by atoms with Gasteiger partial charge in [-0.1, -0.05) is 42.1 Å². The van der Waals surface area contributed by atoms with Crippen LogP contribution < -0.4 is 14.4 Å². The van der Waals surface area contributed by atoms with Crippen molar-refractivity contribution in [1.82, 2.24) is 0 Å². The highest BCUT2D eigenvalue weighted by molar-refractivity contribution is 8.14. The van der Waals surface area contributed by atoms with E-state index in [2.05, 4.69) is 0 Å². The standard InChI is InChI=1S/C20H22N2O4S2/c1-25-19-10-6-5-9-17(19)22-18-14-28(23,24)13-16(18)21-20(22)27-12-11-26-15-7-3-2-4-8-15/h2-10,16,18H,11-14H2,1H3/t16-,18-/m0/s1. The Morgan fingerprint density at radius 1 is 1.11 bits per heavy atom. The van der Waals surface area contributed by atoms with Crippen molar-refractivity contribution < 1.29 is 17.9 Å². The normalized spacial score (nSPS) is 22.6. The number of rotatable bonds is 6. The number of fused-ring (bicyclic) bond motifs is 1. The van der Waals surface area contributed by atoms with Crippen molar-refractivity contribution in [3.8, 4) is 11.5 Å². The highest BCUT2D eigenvalue weighted by Crippen LogP contribution is 2.39. The van der Waals surface area contributed by atoms with Gasteiger partial charge in [-0.15, -0.1) is 0 Å². The zero-order valence-electron chi connectivity index (χ0n) is 15.5. The first-order valence-corrected chi connectivity index (χ1v) is 11.9. The minimum Gasteiger partial charge on any atom is -0.495 e. The monoisotopic (exact) mass is 418 g/mol. The summed E-state index contributed by atoms with van der Waals surface area (Å²) in [6.45, 7) is 0.543.